The molecular formula is C23H22FN5O2. The van der Waals surface area contributed by atoms with E-state index in [2.05, 4.69) is 16.0 Å². The summed E-state index contributed by atoms with van der Waals surface area (Å²) in [6.07, 6.45) is -0.0415. The van der Waals surface area contributed by atoms with E-state index in [1.165, 1.54) is 0 Å². The number of aromatic nitrogens is 2. The number of aliphatic hydroxyl groups is 1. The minimum absolute atomic E-state index is 0.107. The molecule has 1 aliphatic rings. The zero-order valence-electron chi connectivity index (χ0n) is 17.0. The Kier molecular flexibility index (Phi) is 5.80. The molecule has 158 valence electrons. The number of hydrogen-bond donors (Lipinski definition) is 2. The molecule has 31 heavy (non-hydrogen) atoms. The Morgan fingerprint density at radius 1 is 1.29 bits per heavy atom. The summed E-state index contributed by atoms with van der Waals surface area (Å²) in [6.45, 7) is 2.58. The fraction of sp³-hybridized carbons (Fsp3) is 0.261. The van der Waals surface area contributed by atoms with Gasteiger partial charge in [-0.2, -0.15) is 5.26 Å². The Bertz CT molecular complexity index is 1120. The second-order valence-corrected chi connectivity index (χ2v) is 7.46. The first-order valence-corrected chi connectivity index (χ1v) is 9.91. The van der Waals surface area contributed by atoms with Crippen molar-refractivity contribution in [3.8, 4) is 28.8 Å². The number of hydrogen-bond acceptors (Lipinski definition) is 7. The first-order valence-electron chi connectivity index (χ1n) is 9.91. The first kappa shape index (κ1) is 20.7. The zero-order chi connectivity index (χ0) is 22.0. The Morgan fingerprint density at radius 3 is 2.74 bits per heavy atom. The van der Waals surface area contributed by atoms with Crippen LogP contribution < -0.4 is 15.4 Å². The largest absolute Gasteiger partial charge is 0.456 e. The van der Waals surface area contributed by atoms with Crippen LogP contribution in [-0.4, -0.2) is 40.9 Å². The monoisotopic (exact) mass is 419 g/mol. The molecule has 1 fully saturated rings. The molecule has 7 nitrogen and oxygen atoms in total. The predicted molar refractivity (Wildman–Crippen MR) is 115 cm³/mol. The predicted octanol–water partition coefficient (Wildman–Crippen LogP) is 3.27. The summed E-state index contributed by atoms with van der Waals surface area (Å²) in [5.74, 6) is 1.65. The number of aryl methyl sites for hydroxylation is 1. The lowest BCUT2D eigenvalue weighted by molar-refractivity contribution is 0.186. The molecule has 0 saturated carbocycles. The zero-order valence-corrected chi connectivity index (χ0v) is 17.0. The van der Waals surface area contributed by atoms with Crippen molar-refractivity contribution < 1.29 is 14.2 Å². The topological polar surface area (TPSA) is 108 Å². The number of benzene rings is 1. The molecule has 2 aromatic heterocycles. The average Bonchev–Trinajstić information content (AvgIpc) is 2.76. The number of anilines is 1. The maximum Gasteiger partial charge on any atom is 0.138 e. The normalized spacial score (nSPS) is 14.6. The standard InChI is InChI=1S/C23H22FN5O2/c1-14-6-18(8-23(28-14)29-12-17(24)13-29)31-22-7-15(9-25)2-4-19(22)20-5-3-16(11-27-20)21(30)10-26/h2-8,11,17,21,30H,10,12-13,26H2,1H3. The highest BCUT2D eigenvalue weighted by atomic mass is 19.1. The van der Waals surface area contributed by atoms with E-state index in [1.807, 2.05) is 11.8 Å². The van der Waals surface area contributed by atoms with Gasteiger partial charge in [-0.25, -0.2) is 9.37 Å². The van der Waals surface area contributed by atoms with Crippen molar-refractivity contribution in [3.63, 3.8) is 0 Å². The molecule has 1 aromatic carbocycles. The van der Waals surface area contributed by atoms with Crippen molar-refractivity contribution >= 4 is 5.82 Å². The molecule has 0 bridgehead atoms. The highest BCUT2D eigenvalue weighted by Crippen LogP contribution is 2.35. The van der Waals surface area contributed by atoms with Gasteiger partial charge in [-0.3, -0.25) is 4.98 Å². The summed E-state index contributed by atoms with van der Waals surface area (Å²) in [5.41, 5.74) is 8.63. The van der Waals surface area contributed by atoms with Gasteiger partial charge in [0, 0.05) is 41.7 Å². The van der Waals surface area contributed by atoms with Gasteiger partial charge >= 0.3 is 0 Å². The smallest absolute Gasteiger partial charge is 0.138 e. The van der Waals surface area contributed by atoms with E-state index in [-0.39, 0.29) is 6.54 Å². The minimum Gasteiger partial charge on any atom is -0.456 e. The lowest BCUT2D eigenvalue weighted by atomic mass is 10.1. The fourth-order valence-corrected chi connectivity index (χ4v) is 3.37. The van der Waals surface area contributed by atoms with Crippen molar-refractivity contribution in [3.05, 3.63) is 65.5 Å². The number of nitrogens with zero attached hydrogens (tertiary/aromatic N) is 4. The number of nitrogens with two attached hydrogens (primary N) is 1. The van der Waals surface area contributed by atoms with Crippen molar-refractivity contribution in [2.45, 2.75) is 19.2 Å². The number of rotatable bonds is 6. The summed E-state index contributed by atoms with van der Waals surface area (Å²) in [4.78, 5) is 10.7. The second kappa shape index (κ2) is 8.68. The molecule has 0 spiro atoms. The first-order chi connectivity index (χ1) is 15.0. The van der Waals surface area contributed by atoms with Gasteiger partial charge in [-0.05, 0) is 31.2 Å². The van der Waals surface area contributed by atoms with Crippen LogP contribution in [0.4, 0.5) is 10.2 Å². The summed E-state index contributed by atoms with van der Waals surface area (Å²) in [7, 11) is 0. The Labute approximate surface area is 179 Å². The summed E-state index contributed by atoms with van der Waals surface area (Å²) < 4.78 is 19.4. The van der Waals surface area contributed by atoms with Crippen LogP contribution in [0.2, 0.25) is 0 Å². The quantitative estimate of drug-likeness (QED) is 0.631. The van der Waals surface area contributed by atoms with Crippen molar-refractivity contribution in [1.29, 1.82) is 5.26 Å². The van der Waals surface area contributed by atoms with Crippen LogP contribution in [-0.2, 0) is 0 Å². The van der Waals surface area contributed by atoms with Crippen LogP contribution in [0.25, 0.3) is 11.3 Å². The summed E-state index contributed by atoms with van der Waals surface area (Å²) >= 11 is 0. The van der Waals surface area contributed by atoms with Crippen LogP contribution >= 0.6 is 0 Å². The molecule has 3 aromatic rings. The van der Waals surface area contributed by atoms with E-state index < -0.39 is 12.3 Å². The van der Waals surface area contributed by atoms with Crippen LogP contribution in [0.15, 0.2) is 48.7 Å². The van der Waals surface area contributed by atoms with E-state index in [0.717, 1.165) is 5.69 Å². The van der Waals surface area contributed by atoms with E-state index >= 15 is 0 Å². The number of aliphatic hydroxyl groups excluding tert-OH is 1. The van der Waals surface area contributed by atoms with Crippen molar-refractivity contribution in [1.82, 2.24) is 9.97 Å². The van der Waals surface area contributed by atoms with Gasteiger partial charge in [0.15, 0.2) is 0 Å². The average molecular weight is 419 g/mol. The molecule has 1 unspecified atom stereocenters. The van der Waals surface area contributed by atoms with Crippen molar-refractivity contribution in [2.75, 3.05) is 24.5 Å². The lowest BCUT2D eigenvalue weighted by Gasteiger charge is -2.35. The van der Waals surface area contributed by atoms with Gasteiger partial charge in [0.25, 0.3) is 0 Å². The number of halogens is 1. The molecule has 8 heteroatoms. The van der Waals surface area contributed by atoms with Crippen LogP contribution in [0.3, 0.4) is 0 Å². The van der Waals surface area contributed by atoms with Crippen molar-refractivity contribution in [2.24, 2.45) is 5.73 Å². The third kappa shape index (κ3) is 4.48. The lowest BCUT2D eigenvalue weighted by Crippen LogP contribution is -2.48. The Balaban J connectivity index is 1.68. The Morgan fingerprint density at radius 2 is 2.10 bits per heavy atom. The number of pyridine rings is 2. The Hall–Kier alpha value is -3.54. The van der Waals surface area contributed by atoms with Gasteiger partial charge < -0.3 is 20.5 Å². The van der Waals surface area contributed by atoms with E-state index in [1.54, 1.807) is 48.7 Å². The molecule has 1 saturated heterocycles. The number of alkyl halides is 1. The van der Waals surface area contributed by atoms with E-state index in [9.17, 15) is 14.8 Å². The highest BCUT2D eigenvalue weighted by Gasteiger charge is 2.27. The van der Waals surface area contributed by atoms with Gasteiger partial charge in [0.2, 0.25) is 0 Å². The molecule has 3 heterocycles. The van der Waals surface area contributed by atoms with Gasteiger partial charge in [-0.1, -0.05) is 6.07 Å². The van der Waals surface area contributed by atoms with Gasteiger partial charge in [0.1, 0.15) is 23.5 Å². The van der Waals surface area contributed by atoms with E-state index in [4.69, 9.17) is 10.5 Å². The summed E-state index contributed by atoms with van der Waals surface area (Å²) in [6, 6.07) is 14.3. The molecular weight excluding hydrogens is 397 g/mol. The third-order valence-electron chi connectivity index (χ3n) is 5.08. The second-order valence-electron chi connectivity index (χ2n) is 7.46. The number of nitriles is 1. The molecule has 0 radical (unpaired) electrons. The number of ether oxygens (including phenoxy) is 1. The molecule has 3 N–H and O–H groups in total. The maximum atomic E-state index is 13.3. The van der Waals surface area contributed by atoms with E-state index in [0.29, 0.717) is 52.8 Å². The van der Waals surface area contributed by atoms with Crippen LogP contribution in [0.1, 0.15) is 22.9 Å². The van der Waals surface area contributed by atoms with Crippen LogP contribution in [0, 0.1) is 18.3 Å². The molecule has 0 aliphatic carbocycles. The highest BCUT2D eigenvalue weighted by molar-refractivity contribution is 5.69. The third-order valence-corrected chi connectivity index (χ3v) is 5.08. The molecule has 0 amide bonds. The molecule has 1 atom stereocenters. The van der Waals surface area contributed by atoms with Gasteiger partial charge in [0.05, 0.1) is 36.5 Å². The van der Waals surface area contributed by atoms with Crippen LogP contribution in [0.5, 0.6) is 11.5 Å². The van der Waals surface area contributed by atoms with Gasteiger partial charge in [-0.15, -0.1) is 0 Å². The minimum atomic E-state index is -0.836. The SMILES string of the molecule is Cc1cc(Oc2cc(C#N)ccc2-c2ccc(C(O)CN)cn2)cc(N2CC(F)C2)n1. The molecule has 4 rings (SSSR count). The molecule has 1 aliphatic heterocycles. The fourth-order valence-electron chi connectivity index (χ4n) is 3.37. The maximum absolute atomic E-state index is 13.3. The summed E-state index contributed by atoms with van der Waals surface area (Å²) in [5, 5.41) is 19.2.